The van der Waals surface area contributed by atoms with Crippen LogP contribution in [0.15, 0.2) is 18.2 Å². The van der Waals surface area contributed by atoms with Crippen LogP contribution in [0.2, 0.25) is 0 Å². The molecular formula is C14H19NO4. The lowest BCUT2D eigenvalue weighted by molar-refractivity contribution is 0.0867. The second-order valence-corrected chi connectivity index (χ2v) is 4.98. The van der Waals surface area contributed by atoms with Crippen LogP contribution in [0.5, 0.6) is 11.5 Å². The molecule has 1 saturated carbocycles. The van der Waals surface area contributed by atoms with Crippen LogP contribution in [0.25, 0.3) is 0 Å². The second kappa shape index (κ2) is 5.93. The van der Waals surface area contributed by atoms with Crippen LogP contribution in [-0.2, 0) is 0 Å². The van der Waals surface area contributed by atoms with Gasteiger partial charge in [0.15, 0.2) is 0 Å². The summed E-state index contributed by atoms with van der Waals surface area (Å²) < 4.78 is 0. The molecule has 2 atom stereocenters. The lowest BCUT2D eigenvalue weighted by Gasteiger charge is -2.30. The fourth-order valence-electron chi connectivity index (χ4n) is 2.62. The first-order valence-electron chi connectivity index (χ1n) is 6.56. The molecule has 2 unspecified atom stereocenters. The van der Waals surface area contributed by atoms with E-state index in [0.717, 1.165) is 25.7 Å². The number of hydrogen-bond acceptors (Lipinski definition) is 4. The number of carbonyl (C=O) groups is 1. The number of hydrogen-bond donors (Lipinski definition) is 4. The van der Waals surface area contributed by atoms with Gasteiger partial charge >= 0.3 is 0 Å². The number of carbonyl (C=O) groups excluding carboxylic acids is 1. The summed E-state index contributed by atoms with van der Waals surface area (Å²) >= 11 is 0. The Kier molecular flexibility index (Phi) is 4.27. The smallest absolute Gasteiger partial charge is 0.259 e. The zero-order valence-corrected chi connectivity index (χ0v) is 10.7. The molecule has 0 aromatic heterocycles. The number of phenols is 2. The van der Waals surface area contributed by atoms with Crippen LogP contribution in [0.4, 0.5) is 0 Å². The monoisotopic (exact) mass is 265 g/mol. The van der Waals surface area contributed by atoms with Gasteiger partial charge in [-0.25, -0.2) is 0 Å². The summed E-state index contributed by atoms with van der Waals surface area (Å²) in [4.78, 5) is 12.1. The minimum Gasteiger partial charge on any atom is -0.507 e. The van der Waals surface area contributed by atoms with E-state index in [1.54, 1.807) is 0 Å². The maximum Gasteiger partial charge on any atom is 0.259 e. The fraction of sp³-hybridized carbons (Fsp3) is 0.500. The van der Waals surface area contributed by atoms with Crippen LogP contribution in [0, 0.1) is 5.92 Å². The molecule has 1 aromatic carbocycles. The van der Waals surface area contributed by atoms with Gasteiger partial charge in [-0.15, -0.1) is 0 Å². The summed E-state index contributed by atoms with van der Waals surface area (Å²) in [5.74, 6) is -0.936. The van der Waals surface area contributed by atoms with Gasteiger partial charge in [0.1, 0.15) is 17.1 Å². The van der Waals surface area contributed by atoms with Crippen LogP contribution >= 0.6 is 0 Å². The molecule has 4 N–H and O–H groups in total. The van der Waals surface area contributed by atoms with E-state index in [1.165, 1.54) is 18.2 Å². The molecule has 0 radical (unpaired) electrons. The third-order valence-corrected chi connectivity index (χ3v) is 3.71. The van der Waals surface area contributed by atoms with Crippen molar-refractivity contribution in [2.45, 2.75) is 31.7 Å². The number of aliphatic hydroxyl groups excluding tert-OH is 1. The first-order chi connectivity index (χ1) is 9.13. The third kappa shape index (κ3) is 2.98. The van der Waals surface area contributed by atoms with Gasteiger partial charge in [0.25, 0.3) is 5.91 Å². The lowest BCUT2D eigenvalue weighted by atomic mass is 9.85. The molecule has 1 amide bonds. The summed E-state index contributed by atoms with van der Waals surface area (Å²) in [5.41, 5.74) is -0.107. The van der Waals surface area contributed by atoms with Crippen molar-refractivity contribution in [2.24, 2.45) is 5.92 Å². The molecule has 5 heteroatoms. The van der Waals surface area contributed by atoms with E-state index in [-0.39, 0.29) is 35.6 Å². The van der Waals surface area contributed by atoms with E-state index in [2.05, 4.69) is 5.32 Å². The minimum atomic E-state index is -0.499. The van der Waals surface area contributed by atoms with Crippen LogP contribution in [-0.4, -0.2) is 33.9 Å². The van der Waals surface area contributed by atoms with Crippen molar-refractivity contribution in [3.63, 3.8) is 0 Å². The average molecular weight is 265 g/mol. The average Bonchev–Trinajstić information content (AvgIpc) is 2.39. The van der Waals surface area contributed by atoms with Crippen molar-refractivity contribution in [2.75, 3.05) is 6.61 Å². The van der Waals surface area contributed by atoms with Gasteiger partial charge in [0.05, 0.1) is 0 Å². The van der Waals surface area contributed by atoms with Crippen molar-refractivity contribution in [1.82, 2.24) is 5.32 Å². The number of rotatable bonds is 3. The molecule has 2 rings (SSSR count). The van der Waals surface area contributed by atoms with E-state index in [1.807, 2.05) is 0 Å². The Bertz CT molecular complexity index is 441. The number of phenolic OH excluding ortho intramolecular Hbond substituents is 2. The van der Waals surface area contributed by atoms with Gasteiger partial charge in [-0.3, -0.25) is 4.79 Å². The maximum atomic E-state index is 12.1. The summed E-state index contributed by atoms with van der Waals surface area (Å²) in [5, 5.41) is 31.4. The van der Waals surface area contributed by atoms with Crippen molar-refractivity contribution in [3.8, 4) is 11.5 Å². The fourth-order valence-corrected chi connectivity index (χ4v) is 2.62. The molecule has 0 saturated heterocycles. The first-order valence-corrected chi connectivity index (χ1v) is 6.56. The molecule has 1 aromatic rings. The van der Waals surface area contributed by atoms with Crippen LogP contribution < -0.4 is 5.32 Å². The molecule has 19 heavy (non-hydrogen) atoms. The Hall–Kier alpha value is -1.75. The van der Waals surface area contributed by atoms with E-state index < -0.39 is 5.91 Å². The molecule has 5 nitrogen and oxygen atoms in total. The number of benzene rings is 1. The van der Waals surface area contributed by atoms with Crippen molar-refractivity contribution >= 4 is 5.91 Å². The standard InChI is InChI=1S/C14H19NO4/c16-8-9-4-1-2-5-10(9)15-14(19)13-11(17)6-3-7-12(13)18/h3,6-7,9-10,16-18H,1-2,4-5,8H2,(H,15,19). The van der Waals surface area contributed by atoms with Crippen molar-refractivity contribution < 1.29 is 20.1 Å². The van der Waals surface area contributed by atoms with Crippen molar-refractivity contribution in [1.29, 1.82) is 0 Å². The van der Waals surface area contributed by atoms with Gasteiger partial charge in [0, 0.05) is 18.6 Å². The molecule has 1 aliphatic rings. The van der Waals surface area contributed by atoms with E-state index in [0.29, 0.717) is 0 Å². The highest BCUT2D eigenvalue weighted by Gasteiger charge is 2.27. The Labute approximate surface area is 111 Å². The van der Waals surface area contributed by atoms with Gasteiger partial charge in [-0.1, -0.05) is 18.9 Å². The van der Waals surface area contributed by atoms with Gasteiger partial charge in [-0.05, 0) is 25.0 Å². The van der Waals surface area contributed by atoms with E-state index in [9.17, 15) is 20.1 Å². The quantitative estimate of drug-likeness (QED) is 0.664. The van der Waals surface area contributed by atoms with Gasteiger partial charge in [0.2, 0.25) is 0 Å². The highest BCUT2D eigenvalue weighted by atomic mass is 16.3. The Morgan fingerprint density at radius 1 is 1.21 bits per heavy atom. The molecule has 0 bridgehead atoms. The summed E-state index contributed by atoms with van der Waals surface area (Å²) in [6.45, 7) is 0.0394. The van der Waals surface area contributed by atoms with Crippen LogP contribution in [0.3, 0.4) is 0 Å². The summed E-state index contributed by atoms with van der Waals surface area (Å²) in [6, 6.07) is 4.08. The third-order valence-electron chi connectivity index (χ3n) is 3.71. The molecule has 0 spiro atoms. The number of amides is 1. The largest absolute Gasteiger partial charge is 0.507 e. The van der Waals surface area contributed by atoms with Gasteiger partial charge in [-0.2, -0.15) is 0 Å². The number of aromatic hydroxyl groups is 2. The van der Waals surface area contributed by atoms with Gasteiger partial charge < -0.3 is 20.6 Å². The molecule has 104 valence electrons. The first kappa shape index (κ1) is 13.7. The van der Waals surface area contributed by atoms with E-state index in [4.69, 9.17) is 0 Å². The molecule has 1 fully saturated rings. The van der Waals surface area contributed by atoms with Crippen molar-refractivity contribution in [3.05, 3.63) is 23.8 Å². The number of nitrogens with one attached hydrogen (secondary N) is 1. The predicted octanol–water partition coefficient (Wildman–Crippen LogP) is 1.38. The topological polar surface area (TPSA) is 89.8 Å². The lowest BCUT2D eigenvalue weighted by Crippen LogP contribution is -2.43. The molecule has 0 heterocycles. The molecule has 1 aliphatic carbocycles. The summed E-state index contributed by atoms with van der Waals surface area (Å²) in [6.07, 6.45) is 3.76. The normalized spacial score (nSPS) is 23.0. The molecular weight excluding hydrogens is 246 g/mol. The van der Waals surface area contributed by atoms with E-state index >= 15 is 0 Å². The zero-order valence-electron chi connectivity index (χ0n) is 10.7. The Morgan fingerprint density at radius 3 is 2.47 bits per heavy atom. The summed E-state index contributed by atoms with van der Waals surface area (Å²) in [7, 11) is 0. The molecule has 0 aliphatic heterocycles. The SMILES string of the molecule is O=C(NC1CCCCC1CO)c1c(O)cccc1O. The second-order valence-electron chi connectivity index (χ2n) is 4.98. The highest BCUT2D eigenvalue weighted by molar-refractivity contribution is 5.99. The zero-order chi connectivity index (χ0) is 13.8. The number of aliphatic hydroxyl groups is 1. The predicted molar refractivity (Wildman–Crippen MR) is 70.1 cm³/mol. The Morgan fingerprint density at radius 2 is 1.84 bits per heavy atom. The van der Waals surface area contributed by atoms with Crippen LogP contribution in [0.1, 0.15) is 36.0 Å². The minimum absolute atomic E-state index is 0.0394. The maximum absolute atomic E-state index is 12.1. The Balaban J connectivity index is 2.12. The highest BCUT2D eigenvalue weighted by Crippen LogP contribution is 2.28.